The maximum absolute atomic E-state index is 12.8. The van der Waals surface area contributed by atoms with E-state index in [1.807, 2.05) is 23.1 Å². The molecule has 1 N–H and O–H groups in total. The third-order valence-electron chi connectivity index (χ3n) is 4.42. The van der Waals surface area contributed by atoms with E-state index in [9.17, 15) is 4.79 Å². The molecule has 26 heavy (non-hydrogen) atoms. The molecule has 3 rings (SSSR count). The number of nitrogens with one attached hydrogen (secondary N) is 1. The summed E-state index contributed by atoms with van der Waals surface area (Å²) in [6.45, 7) is 8.02. The zero-order chi connectivity index (χ0) is 18.4. The van der Waals surface area contributed by atoms with Crippen molar-refractivity contribution in [2.24, 2.45) is 5.92 Å². The van der Waals surface area contributed by atoms with Crippen molar-refractivity contribution in [1.29, 1.82) is 0 Å². The number of carbonyl (C=O) groups is 1. The van der Waals surface area contributed by atoms with Crippen LogP contribution in [0.2, 0.25) is 0 Å². The Bertz CT molecular complexity index is 713. The Morgan fingerprint density at radius 2 is 1.92 bits per heavy atom. The van der Waals surface area contributed by atoms with Crippen LogP contribution >= 0.6 is 0 Å². The van der Waals surface area contributed by atoms with Crippen molar-refractivity contribution in [2.75, 3.05) is 42.9 Å². The zero-order valence-corrected chi connectivity index (χ0v) is 15.4. The summed E-state index contributed by atoms with van der Waals surface area (Å²) < 4.78 is 0. The first-order valence-corrected chi connectivity index (χ1v) is 9.15. The highest BCUT2D eigenvalue weighted by Crippen LogP contribution is 2.14. The molecule has 1 aliphatic heterocycles. The average molecular weight is 354 g/mol. The number of nitrogens with zero attached hydrogens (tertiary/aromatic N) is 5. The van der Waals surface area contributed by atoms with Gasteiger partial charge in [-0.3, -0.25) is 4.79 Å². The van der Waals surface area contributed by atoms with Crippen molar-refractivity contribution in [3.8, 4) is 0 Å². The molecule has 1 amide bonds. The van der Waals surface area contributed by atoms with Crippen molar-refractivity contribution in [3.05, 3.63) is 42.4 Å². The second kappa shape index (κ2) is 8.60. The Labute approximate surface area is 154 Å². The molecule has 7 heteroatoms. The SMILES string of the molecule is CC(C)CCNc1nccc(C(=O)N2CCN(c3ccccn3)CC2)n1. The first-order valence-electron chi connectivity index (χ1n) is 9.15. The third kappa shape index (κ3) is 4.68. The topological polar surface area (TPSA) is 74.2 Å². The highest BCUT2D eigenvalue weighted by Gasteiger charge is 2.23. The van der Waals surface area contributed by atoms with Crippen LogP contribution in [0.25, 0.3) is 0 Å². The molecule has 2 aromatic heterocycles. The first kappa shape index (κ1) is 18.1. The fourth-order valence-corrected chi connectivity index (χ4v) is 2.88. The van der Waals surface area contributed by atoms with Crippen LogP contribution in [0.4, 0.5) is 11.8 Å². The summed E-state index contributed by atoms with van der Waals surface area (Å²) in [4.78, 5) is 29.8. The van der Waals surface area contributed by atoms with Gasteiger partial charge in [0.25, 0.3) is 5.91 Å². The molecule has 1 saturated heterocycles. The molecular formula is C19H26N6O. The predicted molar refractivity (Wildman–Crippen MR) is 102 cm³/mol. The maximum Gasteiger partial charge on any atom is 0.272 e. The van der Waals surface area contributed by atoms with Crippen molar-refractivity contribution >= 4 is 17.7 Å². The smallest absolute Gasteiger partial charge is 0.272 e. The quantitative estimate of drug-likeness (QED) is 0.858. The molecule has 138 valence electrons. The normalized spacial score (nSPS) is 14.6. The number of pyridine rings is 1. The van der Waals surface area contributed by atoms with Crippen LogP contribution in [-0.2, 0) is 0 Å². The number of piperazine rings is 1. The number of anilines is 2. The van der Waals surface area contributed by atoms with E-state index < -0.39 is 0 Å². The molecule has 7 nitrogen and oxygen atoms in total. The number of hydrogen-bond acceptors (Lipinski definition) is 6. The molecular weight excluding hydrogens is 328 g/mol. The van der Waals surface area contributed by atoms with Crippen LogP contribution in [-0.4, -0.2) is 58.5 Å². The van der Waals surface area contributed by atoms with E-state index in [4.69, 9.17) is 0 Å². The minimum Gasteiger partial charge on any atom is -0.354 e. The molecule has 0 aromatic carbocycles. The van der Waals surface area contributed by atoms with E-state index in [-0.39, 0.29) is 5.91 Å². The fourth-order valence-electron chi connectivity index (χ4n) is 2.88. The number of hydrogen-bond donors (Lipinski definition) is 1. The monoisotopic (exact) mass is 354 g/mol. The Balaban J connectivity index is 1.56. The zero-order valence-electron chi connectivity index (χ0n) is 15.4. The van der Waals surface area contributed by atoms with E-state index in [0.717, 1.165) is 31.9 Å². The van der Waals surface area contributed by atoms with Gasteiger partial charge in [-0.2, -0.15) is 0 Å². The van der Waals surface area contributed by atoms with Crippen LogP contribution in [0.1, 0.15) is 30.8 Å². The molecule has 2 aromatic rings. The van der Waals surface area contributed by atoms with Crippen molar-refractivity contribution in [1.82, 2.24) is 19.9 Å². The molecule has 0 aliphatic carbocycles. The van der Waals surface area contributed by atoms with E-state index >= 15 is 0 Å². The Morgan fingerprint density at radius 1 is 1.12 bits per heavy atom. The van der Waals surface area contributed by atoms with Gasteiger partial charge in [-0.05, 0) is 30.5 Å². The number of rotatable bonds is 6. The van der Waals surface area contributed by atoms with E-state index in [1.165, 1.54) is 0 Å². The molecule has 0 bridgehead atoms. The maximum atomic E-state index is 12.8. The number of aromatic nitrogens is 3. The largest absolute Gasteiger partial charge is 0.354 e. The Morgan fingerprint density at radius 3 is 2.62 bits per heavy atom. The lowest BCUT2D eigenvalue weighted by Gasteiger charge is -2.35. The summed E-state index contributed by atoms with van der Waals surface area (Å²) >= 11 is 0. The number of amides is 1. The third-order valence-corrected chi connectivity index (χ3v) is 4.42. The van der Waals surface area contributed by atoms with Crippen molar-refractivity contribution in [3.63, 3.8) is 0 Å². The van der Waals surface area contributed by atoms with Gasteiger partial charge in [0.05, 0.1) is 0 Å². The van der Waals surface area contributed by atoms with Crippen LogP contribution in [0.15, 0.2) is 36.7 Å². The van der Waals surface area contributed by atoms with Gasteiger partial charge in [-0.25, -0.2) is 15.0 Å². The van der Waals surface area contributed by atoms with Crippen LogP contribution < -0.4 is 10.2 Å². The summed E-state index contributed by atoms with van der Waals surface area (Å²) in [5, 5.41) is 3.19. The molecule has 1 aliphatic rings. The lowest BCUT2D eigenvalue weighted by atomic mass is 10.1. The summed E-state index contributed by atoms with van der Waals surface area (Å²) in [5.74, 6) is 2.05. The molecule has 0 unspecified atom stereocenters. The van der Waals surface area contributed by atoms with Gasteiger partial charge >= 0.3 is 0 Å². The second-order valence-electron chi connectivity index (χ2n) is 6.84. The lowest BCUT2D eigenvalue weighted by molar-refractivity contribution is 0.0740. The Hall–Kier alpha value is -2.70. The molecule has 0 radical (unpaired) electrons. The minimum atomic E-state index is -0.0417. The van der Waals surface area contributed by atoms with Gasteiger partial charge in [0.2, 0.25) is 5.95 Å². The average Bonchev–Trinajstić information content (AvgIpc) is 2.68. The molecule has 1 fully saturated rings. The van der Waals surface area contributed by atoms with Gasteiger partial charge in [0, 0.05) is 45.1 Å². The minimum absolute atomic E-state index is 0.0417. The summed E-state index contributed by atoms with van der Waals surface area (Å²) in [6, 6.07) is 7.57. The molecule has 0 saturated carbocycles. The first-order chi connectivity index (χ1) is 12.6. The summed E-state index contributed by atoms with van der Waals surface area (Å²) in [6.07, 6.45) is 4.47. The van der Waals surface area contributed by atoms with Gasteiger partial charge < -0.3 is 15.1 Å². The highest BCUT2D eigenvalue weighted by molar-refractivity contribution is 5.92. The summed E-state index contributed by atoms with van der Waals surface area (Å²) in [5.41, 5.74) is 0.443. The second-order valence-corrected chi connectivity index (χ2v) is 6.84. The van der Waals surface area contributed by atoms with Crippen LogP contribution in [0, 0.1) is 5.92 Å². The molecule has 0 spiro atoms. The van der Waals surface area contributed by atoms with E-state index in [1.54, 1.807) is 18.5 Å². The van der Waals surface area contributed by atoms with Crippen molar-refractivity contribution in [2.45, 2.75) is 20.3 Å². The highest BCUT2D eigenvalue weighted by atomic mass is 16.2. The Kier molecular flexibility index (Phi) is 5.99. The standard InChI is InChI=1S/C19H26N6O/c1-15(2)6-9-21-19-22-10-7-16(23-19)18(26)25-13-11-24(12-14-25)17-5-3-4-8-20-17/h3-5,7-8,10,15H,6,9,11-14H2,1-2H3,(H,21,22,23). The van der Waals surface area contributed by atoms with Crippen LogP contribution in [0.5, 0.6) is 0 Å². The van der Waals surface area contributed by atoms with Gasteiger partial charge in [0.15, 0.2) is 0 Å². The molecule has 0 atom stereocenters. The van der Waals surface area contributed by atoms with Crippen LogP contribution in [0.3, 0.4) is 0 Å². The predicted octanol–water partition coefficient (Wildman–Crippen LogP) is 2.29. The van der Waals surface area contributed by atoms with Gasteiger partial charge in [0.1, 0.15) is 11.5 Å². The van der Waals surface area contributed by atoms with Gasteiger partial charge in [-0.1, -0.05) is 19.9 Å². The van der Waals surface area contributed by atoms with E-state index in [2.05, 4.69) is 39.0 Å². The lowest BCUT2D eigenvalue weighted by Crippen LogP contribution is -2.49. The summed E-state index contributed by atoms with van der Waals surface area (Å²) in [7, 11) is 0. The fraction of sp³-hybridized carbons (Fsp3) is 0.474. The van der Waals surface area contributed by atoms with E-state index in [0.29, 0.717) is 30.6 Å². The van der Waals surface area contributed by atoms with Crippen molar-refractivity contribution < 1.29 is 4.79 Å². The molecule has 3 heterocycles. The van der Waals surface area contributed by atoms with Gasteiger partial charge in [-0.15, -0.1) is 0 Å². The number of carbonyl (C=O) groups excluding carboxylic acids is 1.